The first-order valence-electron chi connectivity index (χ1n) is 9.87. The zero-order chi connectivity index (χ0) is 20.4. The Kier molecular flexibility index (Phi) is 6.02. The summed E-state index contributed by atoms with van der Waals surface area (Å²) in [5.41, 5.74) is 0.921. The summed E-state index contributed by atoms with van der Waals surface area (Å²) in [4.78, 5) is 16.2. The van der Waals surface area contributed by atoms with Crippen molar-refractivity contribution in [3.8, 4) is 0 Å². The molecule has 1 N–H and O–H groups in total. The predicted octanol–water partition coefficient (Wildman–Crippen LogP) is 4.69. The molecule has 154 valence electrons. The number of hydrogen-bond acceptors (Lipinski definition) is 4. The number of nitrogens with zero attached hydrogens (tertiary/aromatic N) is 2. The van der Waals surface area contributed by atoms with E-state index in [0.717, 1.165) is 37.3 Å². The van der Waals surface area contributed by atoms with Crippen molar-refractivity contribution in [1.29, 1.82) is 0 Å². The molecule has 4 rings (SSSR count). The van der Waals surface area contributed by atoms with Crippen molar-refractivity contribution < 1.29 is 14.6 Å². The van der Waals surface area contributed by atoms with Gasteiger partial charge in [0.15, 0.2) is 0 Å². The highest BCUT2D eigenvalue weighted by molar-refractivity contribution is 6.30. The number of likely N-dealkylation sites (tertiary alicyclic amines) is 1. The van der Waals surface area contributed by atoms with Crippen LogP contribution in [0.2, 0.25) is 10.0 Å². The van der Waals surface area contributed by atoms with Gasteiger partial charge >= 0.3 is 6.09 Å². The molecule has 5 nitrogen and oxygen atoms in total. The van der Waals surface area contributed by atoms with Gasteiger partial charge in [-0.3, -0.25) is 4.90 Å². The summed E-state index contributed by atoms with van der Waals surface area (Å²) >= 11 is 11.9. The number of carbonyl (C=O) groups is 1. The molecular weight excluding hydrogens is 411 g/mol. The molecule has 0 bridgehead atoms. The largest absolute Gasteiger partial charge is 0.444 e. The predicted molar refractivity (Wildman–Crippen MR) is 115 cm³/mol. The number of benzene rings is 2. The number of ether oxygens (including phenoxy) is 1. The molecule has 0 spiro atoms. The van der Waals surface area contributed by atoms with E-state index in [-0.39, 0.29) is 12.2 Å². The molecule has 0 saturated carbocycles. The minimum atomic E-state index is -0.799. The van der Waals surface area contributed by atoms with Crippen molar-refractivity contribution >= 4 is 35.0 Å². The SMILES string of the molecule is O=C1OC(CCN2CCC(O)(c3ccc(Cl)cc3)CC2)CN1c1ccc(Cl)cc1. The van der Waals surface area contributed by atoms with Crippen LogP contribution in [0.3, 0.4) is 0 Å². The second kappa shape index (κ2) is 8.52. The number of rotatable bonds is 5. The number of carbonyl (C=O) groups excluding carboxylic acids is 1. The Morgan fingerprint density at radius 1 is 1.00 bits per heavy atom. The van der Waals surface area contributed by atoms with Crippen LogP contribution in [0, 0.1) is 0 Å². The van der Waals surface area contributed by atoms with Crippen molar-refractivity contribution in [3.63, 3.8) is 0 Å². The quantitative estimate of drug-likeness (QED) is 0.741. The molecule has 2 heterocycles. The molecule has 1 unspecified atom stereocenters. The fraction of sp³-hybridized carbons (Fsp3) is 0.409. The van der Waals surface area contributed by atoms with Crippen LogP contribution in [0.1, 0.15) is 24.8 Å². The standard InChI is InChI=1S/C22H24Cl2N2O3/c23-17-3-1-16(2-4-17)22(28)10-13-25(14-11-22)12-9-20-15-26(21(27)29-20)19-7-5-18(24)6-8-19/h1-8,20,28H,9-15H2. The van der Waals surface area contributed by atoms with Crippen LogP contribution in [0.5, 0.6) is 0 Å². The number of cyclic esters (lactones) is 1. The van der Waals surface area contributed by atoms with Gasteiger partial charge in [0.2, 0.25) is 0 Å². The van der Waals surface area contributed by atoms with Gasteiger partial charge in [0.05, 0.1) is 12.1 Å². The minimum absolute atomic E-state index is 0.129. The van der Waals surface area contributed by atoms with Crippen LogP contribution in [0.15, 0.2) is 48.5 Å². The third-order valence-corrected chi connectivity index (χ3v) is 6.35. The first-order valence-corrected chi connectivity index (χ1v) is 10.6. The summed E-state index contributed by atoms with van der Waals surface area (Å²) in [5, 5.41) is 12.3. The Morgan fingerprint density at radius 3 is 2.21 bits per heavy atom. The molecule has 2 aliphatic heterocycles. The van der Waals surface area contributed by atoms with Crippen LogP contribution < -0.4 is 4.90 Å². The van der Waals surface area contributed by atoms with Gasteiger partial charge in [-0.1, -0.05) is 35.3 Å². The molecule has 1 amide bonds. The van der Waals surface area contributed by atoms with Crippen LogP contribution in [0.25, 0.3) is 0 Å². The van der Waals surface area contributed by atoms with E-state index in [1.807, 2.05) is 36.4 Å². The van der Waals surface area contributed by atoms with Gasteiger partial charge in [-0.15, -0.1) is 0 Å². The summed E-state index contributed by atoms with van der Waals surface area (Å²) in [6.45, 7) is 2.99. The molecule has 2 fully saturated rings. The fourth-order valence-corrected chi connectivity index (χ4v) is 4.28. The molecule has 29 heavy (non-hydrogen) atoms. The Hall–Kier alpha value is -1.79. The summed E-state index contributed by atoms with van der Waals surface area (Å²) < 4.78 is 5.54. The van der Waals surface area contributed by atoms with Crippen molar-refractivity contribution in [2.75, 3.05) is 31.1 Å². The fourth-order valence-electron chi connectivity index (χ4n) is 4.03. The number of amides is 1. The lowest BCUT2D eigenvalue weighted by Crippen LogP contribution is -2.43. The maximum absolute atomic E-state index is 12.2. The maximum Gasteiger partial charge on any atom is 0.414 e. The van der Waals surface area contributed by atoms with E-state index in [0.29, 0.717) is 29.4 Å². The average Bonchev–Trinajstić information content (AvgIpc) is 3.09. The van der Waals surface area contributed by atoms with E-state index in [1.165, 1.54) is 0 Å². The minimum Gasteiger partial charge on any atom is -0.444 e. The monoisotopic (exact) mass is 434 g/mol. The Balaban J connectivity index is 1.27. The van der Waals surface area contributed by atoms with Crippen molar-refractivity contribution in [3.05, 3.63) is 64.1 Å². The van der Waals surface area contributed by atoms with Crippen LogP contribution in [0.4, 0.5) is 10.5 Å². The lowest BCUT2D eigenvalue weighted by molar-refractivity contribution is -0.0275. The summed E-state index contributed by atoms with van der Waals surface area (Å²) in [6.07, 6.45) is 1.68. The highest BCUT2D eigenvalue weighted by Gasteiger charge is 2.35. The van der Waals surface area contributed by atoms with Crippen LogP contribution in [-0.4, -0.2) is 48.4 Å². The molecule has 0 aromatic heterocycles. The van der Waals surface area contributed by atoms with E-state index < -0.39 is 5.60 Å². The summed E-state index contributed by atoms with van der Waals surface area (Å²) in [6, 6.07) is 14.6. The second-order valence-electron chi connectivity index (χ2n) is 7.76. The molecule has 0 radical (unpaired) electrons. The van der Waals surface area contributed by atoms with E-state index >= 15 is 0 Å². The Labute approximate surface area is 180 Å². The number of piperidine rings is 1. The van der Waals surface area contributed by atoms with Crippen molar-refractivity contribution in [2.24, 2.45) is 0 Å². The normalized spacial score (nSPS) is 22.0. The van der Waals surface area contributed by atoms with E-state index in [1.54, 1.807) is 17.0 Å². The van der Waals surface area contributed by atoms with Gasteiger partial charge < -0.3 is 14.7 Å². The van der Waals surface area contributed by atoms with Gasteiger partial charge in [0, 0.05) is 35.4 Å². The third-order valence-electron chi connectivity index (χ3n) is 5.84. The van der Waals surface area contributed by atoms with Crippen molar-refractivity contribution in [1.82, 2.24) is 4.90 Å². The Bertz CT molecular complexity index is 849. The highest BCUT2D eigenvalue weighted by atomic mass is 35.5. The first kappa shape index (κ1) is 20.5. The second-order valence-corrected chi connectivity index (χ2v) is 8.63. The van der Waals surface area contributed by atoms with Crippen LogP contribution in [-0.2, 0) is 10.3 Å². The van der Waals surface area contributed by atoms with Crippen LogP contribution >= 0.6 is 23.2 Å². The lowest BCUT2D eigenvalue weighted by Gasteiger charge is -2.38. The van der Waals surface area contributed by atoms with Gasteiger partial charge in [0.1, 0.15) is 6.10 Å². The molecule has 2 aromatic carbocycles. The zero-order valence-corrected chi connectivity index (χ0v) is 17.6. The number of hydrogen-bond donors (Lipinski definition) is 1. The smallest absolute Gasteiger partial charge is 0.414 e. The number of anilines is 1. The highest BCUT2D eigenvalue weighted by Crippen LogP contribution is 2.33. The molecule has 0 aliphatic carbocycles. The van der Waals surface area contributed by atoms with E-state index in [4.69, 9.17) is 27.9 Å². The average molecular weight is 435 g/mol. The molecule has 2 saturated heterocycles. The first-order chi connectivity index (χ1) is 13.9. The van der Waals surface area contributed by atoms with Crippen molar-refractivity contribution in [2.45, 2.75) is 31.0 Å². The third kappa shape index (κ3) is 4.69. The van der Waals surface area contributed by atoms with E-state index in [9.17, 15) is 9.90 Å². The lowest BCUT2D eigenvalue weighted by atomic mass is 9.84. The summed E-state index contributed by atoms with van der Waals surface area (Å²) in [7, 11) is 0. The molecule has 1 atom stereocenters. The molecular formula is C22H24Cl2N2O3. The van der Waals surface area contributed by atoms with Gasteiger partial charge in [-0.25, -0.2) is 4.79 Å². The Morgan fingerprint density at radius 2 is 1.59 bits per heavy atom. The number of aliphatic hydroxyl groups is 1. The van der Waals surface area contributed by atoms with Gasteiger partial charge in [-0.05, 0) is 61.2 Å². The van der Waals surface area contributed by atoms with Gasteiger partial charge in [0.25, 0.3) is 0 Å². The summed E-state index contributed by atoms with van der Waals surface area (Å²) in [5.74, 6) is 0. The molecule has 7 heteroatoms. The molecule has 2 aliphatic rings. The maximum atomic E-state index is 12.2. The number of halogens is 2. The molecule has 2 aromatic rings. The van der Waals surface area contributed by atoms with E-state index in [2.05, 4.69) is 4.90 Å². The topological polar surface area (TPSA) is 53.0 Å². The zero-order valence-electron chi connectivity index (χ0n) is 16.1. The van der Waals surface area contributed by atoms with Gasteiger partial charge in [-0.2, -0.15) is 0 Å².